The second-order valence-corrected chi connectivity index (χ2v) is 18.7. The lowest BCUT2D eigenvalue weighted by atomic mass is 9.74. The summed E-state index contributed by atoms with van der Waals surface area (Å²) in [4.78, 5) is 2.49. The Morgan fingerprint density at radius 3 is 2.03 bits per heavy atom. The van der Waals surface area contributed by atoms with Crippen LogP contribution in [0.4, 0.5) is 11.4 Å². The lowest BCUT2D eigenvalue weighted by Crippen LogP contribution is -2.28. The van der Waals surface area contributed by atoms with Crippen LogP contribution in [-0.2, 0) is 10.8 Å². The Morgan fingerprint density at radius 1 is 0.525 bits per heavy atom. The molecule has 2 heteroatoms. The van der Waals surface area contributed by atoms with Gasteiger partial charge in [-0.1, -0.05) is 161 Å². The molecule has 3 aliphatic rings. The fourth-order valence-electron chi connectivity index (χ4n) is 11.3. The first-order valence-corrected chi connectivity index (χ1v) is 21.8. The molecule has 0 amide bonds. The van der Waals surface area contributed by atoms with E-state index in [1.165, 1.54) is 105 Å². The van der Waals surface area contributed by atoms with Crippen molar-refractivity contribution < 1.29 is 0 Å². The Labute approximate surface area is 358 Å². The summed E-state index contributed by atoms with van der Waals surface area (Å²) in [5.41, 5.74) is 19.2. The van der Waals surface area contributed by atoms with E-state index in [4.69, 9.17) is 0 Å². The van der Waals surface area contributed by atoms with Crippen molar-refractivity contribution in [1.82, 2.24) is 4.57 Å². The quantitative estimate of drug-likeness (QED) is 0.169. The van der Waals surface area contributed by atoms with Crippen LogP contribution in [0.15, 0.2) is 194 Å². The van der Waals surface area contributed by atoms with Crippen LogP contribution >= 0.6 is 0 Å². The minimum atomic E-state index is -0.193. The van der Waals surface area contributed by atoms with Crippen molar-refractivity contribution in [1.29, 1.82) is 0 Å². The van der Waals surface area contributed by atoms with E-state index in [-0.39, 0.29) is 10.8 Å². The van der Waals surface area contributed by atoms with E-state index in [9.17, 15) is 0 Å². The molecule has 0 saturated heterocycles. The number of benzene rings is 8. The van der Waals surface area contributed by atoms with Gasteiger partial charge in [0.15, 0.2) is 0 Å². The molecule has 2 unspecified atom stereocenters. The molecule has 1 aromatic heterocycles. The van der Waals surface area contributed by atoms with E-state index < -0.39 is 0 Å². The summed E-state index contributed by atoms with van der Waals surface area (Å²) in [6.45, 7) is 11.8. The highest BCUT2D eigenvalue weighted by Gasteiger charge is 2.45. The summed E-state index contributed by atoms with van der Waals surface area (Å²) in [7, 11) is 0. The molecule has 61 heavy (non-hydrogen) atoms. The summed E-state index contributed by atoms with van der Waals surface area (Å²) < 4.78 is 2.45. The van der Waals surface area contributed by atoms with Crippen molar-refractivity contribution in [3.8, 4) is 27.9 Å². The zero-order valence-electron chi connectivity index (χ0n) is 35.4. The SMILES string of the molecule is Cc1ccc(N(C2=CC3C(C=C2)c2ccccc2C3(C)C)c2ccc3c(c2)C(C)(C)c2cc(-c4ccc5c(c4)c4ccccc4n5-c4cccc5ccccc45)ccc2-3)cc1. The molecule has 8 aromatic carbocycles. The predicted molar refractivity (Wildman–Crippen MR) is 258 cm³/mol. The number of fused-ring (bicyclic) bond motifs is 10. The van der Waals surface area contributed by atoms with Crippen molar-refractivity contribution >= 4 is 44.0 Å². The third kappa shape index (κ3) is 5.28. The van der Waals surface area contributed by atoms with Crippen LogP contribution in [0.25, 0.3) is 60.5 Å². The number of aryl methyl sites for hydroxylation is 1. The fraction of sp³-hybridized carbons (Fsp3) is 0.153. The highest BCUT2D eigenvalue weighted by molar-refractivity contribution is 6.11. The van der Waals surface area contributed by atoms with Crippen LogP contribution in [0.2, 0.25) is 0 Å². The van der Waals surface area contributed by atoms with Crippen molar-refractivity contribution in [3.05, 3.63) is 222 Å². The second kappa shape index (κ2) is 13.0. The van der Waals surface area contributed by atoms with E-state index >= 15 is 0 Å². The van der Waals surface area contributed by atoms with Gasteiger partial charge >= 0.3 is 0 Å². The zero-order valence-corrected chi connectivity index (χ0v) is 35.4. The van der Waals surface area contributed by atoms with Crippen LogP contribution in [-0.4, -0.2) is 4.57 Å². The van der Waals surface area contributed by atoms with Crippen LogP contribution in [0.3, 0.4) is 0 Å². The van der Waals surface area contributed by atoms with E-state index in [1.54, 1.807) is 0 Å². The number of hydrogen-bond donors (Lipinski definition) is 0. The average Bonchev–Trinajstić information content (AvgIpc) is 3.83. The maximum absolute atomic E-state index is 2.56. The van der Waals surface area contributed by atoms with Gasteiger partial charge in [-0.3, -0.25) is 0 Å². The Balaban J connectivity index is 0.940. The van der Waals surface area contributed by atoms with Crippen molar-refractivity contribution in [2.75, 3.05) is 4.90 Å². The van der Waals surface area contributed by atoms with E-state index in [1.807, 2.05) is 0 Å². The van der Waals surface area contributed by atoms with Crippen molar-refractivity contribution in [2.24, 2.45) is 5.92 Å². The minimum Gasteiger partial charge on any atom is -0.311 e. The predicted octanol–water partition coefficient (Wildman–Crippen LogP) is 15.5. The van der Waals surface area contributed by atoms with Crippen molar-refractivity contribution in [2.45, 2.75) is 51.4 Å². The third-order valence-electron chi connectivity index (χ3n) is 14.5. The van der Waals surface area contributed by atoms with Gasteiger partial charge in [-0.05, 0) is 129 Å². The van der Waals surface area contributed by atoms with E-state index in [0.29, 0.717) is 11.8 Å². The molecule has 3 aliphatic carbocycles. The molecule has 0 spiro atoms. The van der Waals surface area contributed by atoms with Gasteiger partial charge in [-0.15, -0.1) is 0 Å². The molecule has 2 atom stereocenters. The van der Waals surface area contributed by atoms with Crippen LogP contribution in [0.5, 0.6) is 0 Å². The van der Waals surface area contributed by atoms with Crippen LogP contribution < -0.4 is 4.90 Å². The molecule has 0 N–H and O–H groups in total. The molecule has 9 aromatic rings. The summed E-state index contributed by atoms with van der Waals surface area (Å²) >= 11 is 0. The summed E-state index contributed by atoms with van der Waals surface area (Å²) in [6, 6.07) is 63.7. The fourth-order valence-corrected chi connectivity index (χ4v) is 11.3. The number of rotatable bonds is 5. The molecule has 294 valence electrons. The summed E-state index contributed by atoms with van der Waals surface area (Å²) in [5.74, 6) is 0.765. The molecular weight excluding hydrogens is 737 g/mol. The average molecular weight is 785 g/mol. The molecule has 1 heterocycles. The maximum atomic E-state index is 2.56. The van der Waals surface area contributed by atoms with Crippen LogP contribution in [0.1, 0.15) is 61.4 Å². The normalized spacial score (nSPS) is 17.9. The van der Waals surface area contributed by atoms with Gasteiger partial charge in [-0.25, -0.2) is 0 Å². The molecule has 2 nitrogen and oxygen atoms in total. The molecule has 0 aliphatic heterocycles. The van der Waals surface area contributed by atoms with Crippen LogP contribution in [0, 0.1) is 12.8 Å². The monoisotopic (exact) mass is 784 g/mol. The number of para-hydroxylation sites is 1. The molecule has 0 bridgehead atoms. The van der Waals surface area contributed by atoms with Gasteiger partial charge in [-0.2, -0.15) is 0 Å². The smallest absolute Gasteiger partial charge is 0.0541 e. The summed E-state index contributed by atoms with van der Waals surface area (Å²) in [5, 5.41) is 5.05. The largest absolute Gasteiger partial charge is 0.311 e. The first-order chi connectivity index (χ1) is 29.7. The van der Waals surface area contributed by atoms with Gasteiger partial charge in [0.2, 0.25) is 0 Å². The second-order valence-electron chi connectivity index (χ2n) is 18.7. The number of nitrogens with zero attached hydrogens (tertiary/aromatic N) is 2. The Hall–Kier alpha value is -6.90. The Bertz CT molecular complexity index is 3330. The first-order valence-electron chi connectivity index (χ1n) is 21.8. The number of hydrogen-bond acceptors (Lipinski definition) is 1. The molecular formula is C59H48N2. The summed E-state index contributed by atoms with van der Waals surface area (Å²) in [6.07, 6.45) is 7.39. The van der Waals surface area contributed by atoms with E-state index in [2.05, 4.69) is 232 Å². The van der Waals surface area contributed by atoms with Gasteiger partial charge < -0.3 is 9.47 Å². The number of aromatic nitrogens is 1. The molecule has 12 rings (SSSR count). The standard InChI is InChI=1S/C59H48N2/c1-37-21-25-41(26-22-37)60(42-27-30-47-45-16-8-10-18-51(45)58(2,3)53(47)35-42)43-28-31-48-46-29-23-40(34-52(46)59(4,5)54(48)36-43)39-24-32-57-50(33-39)49-17-9-11-19-56(49)61(57)55-20-12-14-38-13-6-7-15-44(38)55/h6-36,47,53H,1-5H3. The highest BCUT2D eigenvalue weighted by Crippen LogP contribution is 2.55. The Morgan fingerprint density at radius 2 is 1.18 bits per heavy atom. The van der Waals surface area contributed by atoms with Gasteiger partial charge in [0.25, 0.3) is 0 Å². The molecule has 0 radical (unpaired) electrons. The Kier molecular flexibility index (Phi) is 7.70. The van der Waals surface area contributed by atoms with Gasteiger partial charge in [0, 0.05) is 44.6 Å². The lowest BCUT2D eigenvalue weighted by Gasteiger charge is -2.35. The third-order valence-corrected chi connectivity index (χ3v) is 14.5. The molecule has 0 fully saturated rings. The number of anilines is 2. The van der Waals surface area contributed by atoms with Crippen molar-refractivity contribution in [3.63, 3.8) is 0 Å². The maximum Gasteiger partial charge on any atom is 0.0541 e. The molecule has 0 saturated carbocycles. The zero-order chi connectivity index (χ0) is 41.2. The van der Waals surface area contributed by atoms with Gasteiger partial charge in [0.05, 0.1) is 16.7 Å². The minimum absolute atomic E-state index is 0.0356. The topological polar surface area (TPSA) is 8.17 Å². The van der Waals surface area contributed by atoms with E-state index in [0.717, 1.165) is 0 Å². The number of allylic oxidation sites excluding steroid dienone is 3. The lowest BCUT2D eigenvalue weighted by molar-refractivity contribution is 0.392. The first kappa shape index (κ1) is 36.0. The highest BCUT2D eigenvalue weighted by atomic mass is 15.1. The van der Waals surface area contributed by atoms with Gasteiger partial charge in [0.1, 0.15) is 0 Å².